The molecule has 2 N–H and O–H groups in total. The number of carbonyl (C=O) groups excluding carboxylic acids is 1. The maximum absolute atomic E-state index is 13.0. The van der Waals surface area contributed by atoms with Crippen molar-refractivity contribution in [2.45, 2.75) is 17.4 Å². The van der Waals surface area contributed by atoms with E-state index < -0.39 is 22.0 Å². The summed E-state index contributed by atoms with van der Waals surface area (Å²) in [6, 6.07) is 21.2. The Hall–Kier alpha value is -3.36. The zero-order chi connectivity index (χ0) is 21.0. The molecule has 1 aliphatic heterocycles. The van der Waals surface area contributed by atoms with Crippen molar-refractivity contribution in [2.75, 3.05) is 12.1 Å². The molecule has 0 unspecified atom stereocenters. The molecule has 3 aromatic rings. The Bertz CT molecular complexity index is 1130. The van der Waals surface area contributed by atoms with Crippen LogP contribution >= 0.6 is 0 Å². The molecule has 0 bridgehead atoms. The number of amides is 1. The van der Waals surface area contributed by atoms with Gasteiger partial charge < -0.3 is 14.8 Å². The average molecular weight is 424 g/mol. The van der Waals surface area contributed by atoms with Gasteiger partial charge >= 0.3 is 0 Å². The van der Waals surface area contributed by atoms with Gasteiger partial charge in [0.05, 0.1) is 4.90 Å². The second-order valence-electron chi connectivity index (χ2n) is 6.73. The van der Waals surface area contributed by atoms with Gasteiger partial charge in [0, 0.05) is 11.8 Å². The van der Waals surface area contributed by atoms with E-state index in [2.05, 4.69) is 10.0 Å². The molecule has 0 aliphatic carbocycles. The lowest BCUT2D eigenvalue weighted by atomic mass is 10.1. The fourth-order valence-electron chi connectivity index (χ4n) is 3.10. The summed E-state index contributed by atoms with van der Waals surface area (Å²) in [6.07, 6.45) is 0.198. The lowest BCUT2D eigenvalue weighted by Gasteiger charge is -2.19. The summed E-state index contributed by atoms with van der Waals surface area (Å²) >= 11 is 0. The first-order chi connectivity index (χ1) is 14.5. The molecule has 1 amide bonds. The molecule has 8 heteroatoms. The third-order valence-corrected chi connectivity index (χ3v) is 6.08. The molecule has 1 heterocycles. The van der Waals surface area contributed by atoms with Crippen LogP contribution in [0.5, 0.6) is 11.5 Å². The van der Waals surface area contributed by atoms with Crippen molar-refractivity contribution in [3.63, 3.8) is 0 Å². The van der Waals surface area contributed by atoms with Crippen LogP contribution in [0.1, 0.15) is 5.56 Å². The molecule has 1 aliphatic rings. The van der Waals surface area contributed by atoms with Crippen molar-refractivity contribution in [3.8, 4) is 11.5 Å². The average Bonchev–Trinajstić information content (AvgIpc) is 3.22. The van der Waals surface area contributed by atoms with E-state index in [4.69, 9.17) is 9.47 Å². The standard InChI is InChI=1S/C22H20N2O5S/c25-22(23-17-11-12-20-21(14-17)29-15-28-20)19(13-16-7-3-1-4-8-16)24-30(26,27)18-9-5-2-6-10-18/h1-12,14,19,24H,13,15H2,(H,23,25)/t19-/m1/s1. The molecule has 7 nitrogen and oxygen atoms in total. The third kappa shape index (κ3) is 4.61. The van der Waals surface area contributed by atoms with Gasteiger partial charge in [0.15, 0.2) is 11.5 Å². The lowest BCUT2D eigenvalue weighted by Crippen LogP contribution is -2.45. The van der Waals surface area contributed by atoms with Crippen molar-refractivity contribution in [1.82, 2.24) is 4.72 Å². The number of ether oxygens (including phenoxy) is 2. The molecule has 0 fully saturated rings. The molecule has 4 rings (SSSR count). The van der Waals surface area contributed by atoms with Gasteiger partial charge in [-0.25, -0.2) is 8.42 Å². The van der Waals surface area contributed by atoms with Gasteiger partial charge in [-0.3, -0.25) is 4.79 Å². The van der Waals surface area contributed by atoms with Crippen molar-refractivity contribution >= 4 is 21.6 Å². The van der Waals surface area contributed by atoms with Crippen LogP contribution in [0.25, 0.3) is 0 Å². The highest BCUT2D eigenvalue weighted by Gasteiger charge is 2.26. The normalized spacial score (nSPS) is 13.6. The second kappa shape index (κ2) is 8.56. The summed E-state index contributed by atoms with van der Waals surface area (Å²) in [5.41, 5.74) is 1.32. The molecule has 0 saturated carbocycles. The van der Waals surface area contributed by atoms with E-state index in [1.807, 2.05) is 30.3 Å². The molecule has 0 saturated heterocycles. The molecule has 0 radical (unpaired) electrons. The van der Waals surface area contributed by atoms with Gasteiger partial charge in [-0.2, -0.15) is 4.72 Å². The Morgan fingerprint density at radius 1 is 0.900 bits per heavy atom. The summed E-state index contributed by atoms with van der Waals surface area (Å²) in [5.74, 6) is 0.646. The summed E-state index contributed by atoms with van der Waals surface area (Å²) in [7, 11) is -3.88. The highest BCUT2D eigenvalue weighted by Crippen LogP contribution is 2.34. The maximum Gasteiger partial charge on any atom is 0.242 e. The van der Waals surface area contributed by atoms with Crippen molar-refractivity contribution in [3.05, 3.63) is 84.4 Å². The Labute approximate surface area is 174 Å². The maximum atomic E-state index is 13.0. The number of rotatable bonds is 7. The second-order valence-corrected chi connectivity index (χ2v) is 8.45. The van der Waals surface area contributed by atoms with Crippen LogP contribution < -0.4 is 19.5 Å². The largest absolute Gasteiger partial charge is 0.454 e. The summed E-state index contributed by atoms with van der Waals surface area (Å²) in [5, 5.41) is 2.76. The molecule has 0 aromatic heterocycles. The molecule has 30 heavy (non-hydrogen) atoms. The number of benzene rings is 3. The van der Waals surface area contributed by atoms with Gasteiger partial charge in [0.1, 0.15) is 6.04 Å². The number of fused-ring (bicyclic) bond motifs is 1. The van der Waals surface area contributed by atoms with Crippen molar-refractivity contribution in [2.24, 2.45) is 0 Å². The van der Waals surface area contributed by atoms with E-state index in [0.717, 1.165) is 5.56 Å². The van der Waals surface area contributed by atoms with Crippen LogP contribution in [0.2, 0.25) is 0 Å². The topological polar surface area (TPSA) is 93.7 Å². The predicted octanol–water partition coefficient (Wildman–Crippen LogP) is 2.94. The monoisotopic (exact) mass is 424 g/mol. The number of hydrogen-bond acceptors (Lipinski definition) is 5. The first-order valence-corrected chi connectivity index (χ1v) is 10.8. The molecule has 154 valence electrons. The lowest BCUT2D eigenvalue weighted by molar-refractivity contribution is -0.117. The molecule has 0 spiro atoms. The predicted molar refractivity (Wildman–Crippen MR) is 112 cm³/mol. The summed E-state index contributed by atoms with van der Waals surface area (Å²) < 4.78 is 38.8. The number of carbonyl (C=O) groups is 1. The Morgan fingerprint density at radius 2 is 1.57 bits per heavy atom. The van der Waals surface area contributed by atoms with E-state index in [0.29, 0.717) is 17.2 Å². The van der Waals surface area contributed by atoms with Gasteiger partial charge in [0.25, 0.3) is 0 Å². The fourth-order valence-corrected chi connectivity index (χ4v) is 4.31. The van der Waals surface area contributed by atoms with Crippen LogP contribution in [0, 0.1) is 0 Å². The van der Waals surface area contributed by atoms with Crippen LogP contribution in [-0.4, -0.2) is 27.2 Å². The smallest absolute Gasteiger partial charge is 0.242 e. The minimum absolute atomic E-state index is 0.0962. The molecule has 1 atom stereocenters. The van der Waals surface area contributed by atoms with Crippen LogP contribution in [0.3, 0.4) is 0 Å². The van der Waals surface area contributed by atoms with Crippen LogP contribution in [0.15, 0.2) is 83.8 Å². The fraction of sp³-hybridized carbons (Fsp3) is 0.136. The quantitative estimate of drug-likeness (QED) is 0.608. The van der Waals surface area contributed by atoms with Gasteiger partial charge in [-0.1, -0.05) is 48.5 Å². The number of hydrogen-bond donors (Lipinski definition) is 2. The van der Waals surface area contributed by atoms with Crippen molar-refractivity contribution in [1.29, 1.82) is 0 Å². The van der Waals surface area contributed by atoms with Gasteiger partial charge in [-0.15, -0.1) is 0 Å². The zero-order valence-electron chi connectivity index (χ0n) is 15.9. The first kappa shape index (κ1) is 19.9. The number of anilines is 1. The first-order valence-electron chi connectivity index (χ1n) is 9.33. The third-order valence-electron chi connectivity index (χ3n) is 4.59. The van der Waals surface area contributed by atoms with Gasteiger partial charge in [-0.05, 0) is 36.2 Å². The molecular weight excluding hydrogens is 404 g/mol. The van der Waals surface area contributed by atoms with Crippen LogP contribution in [0.4, 0.5) is 5.69 Å². The van der Waals surface area contributed by atoms with E-state index in [9.17, 15) is 13.2 Å². The molecule has 3 aromatic carbocycles. The zero-order valence-corrected chi connectivity index (χ0v) is 16.8. The molecular formula is C22H20N2O5S. The van der Waals surface area contributed by atoms with E-state index in [-0.39, 0.29) is 18.1 Å². The highest BCUT2D eigenvalue weighted by atomic mass is 32.2. The minimum atomic E-state index is -3.88. The number of nitrogens with one attached hydrogen (secondary N) is 2. The Balaban J connectivity index is 1.57. The Morgan fingerprint density at radius 3 is 2.30 bits per heavy atom. The summed E-state index contributed by atoms with van der Waals surface area (Å²) in [4.78, 5) is 13.1. The Kier molecular flexibility index (Phi) is 5.69. The van der Waals surface area contributed by atoms with E-state index >= 15 is 0 Å². The van der Waals surface area contributed by atoms with Gasteiger partial charge in [0.2, 0.25) is 22.7 Å². The minimum Gasteiger partial charge on any atom is -0.454 e. The van der Waals surface area contributed by atoms with Crippen LogP contribution in [-0.2, 0) is 21.2 Å². The summed E-state index contributed by atoms with van der Waals surface area (Å²) in [6.45, 7) is 0.125. The highest BCUT2D eigenvalue weighted by molar-refractivity contribution is 7.89. The van der Waals surface area contributed by atoms with Crippen molar-refractivity contribution < 1.29 is 22.7 Å². The number of sulfonamides is 1. The van der Waals surface area contributed by atoms with E-state index in [1.165, 1.54) is 12.1 Å². The SMILES string of the molecule is O=C(Nc1ccc2c(c1)OCO2)[C@@H](Cc1ccccc1)NS(=O)(=O)c1ccccc1. The van der Waals surface area contributed by atoms with E-state index in [1.54, 1.807) is 36.4 Å².